The summed E-state index contributed by atoms with van der Waals surface area (Å²) >= 11 is 0. The van der Waals surface area contributed by atoms with E-state index in [4.69, 9.17) is 5.73 Å². The van der Waals surface area contributed by atoms with Crippen LogP contribution in [0.4, 0.5) is 0 Å². The summed E-state index contributed by atoms with van der Waals surface area (Å²) in [5.41, 5.74) is 4.92. The number of hydrogen-bond donors (Lipinski definition) is 3. The van der Waals surface area contributed by atoms with Crippen LogP contribution in [0.25, 0.3) is 0 Å². The summed E-state index contributed by atoms with van der Waals surface area (Å²) in [4.78, 5) is 13.9. The van der Waals surface area contributed by atoms with Crippen molar-refractivity contribution < 1.29 is 18.3 Å². The molecule has 0 aromatic rings. The molecule has 3 atom stereocenters. The number of nitrogens with zero attached hydrogens (tertiary/aromatic N) is 1. The molecule has 0 unspecified atom stereocenters. The van der Waals surface area contributed by atoms with Gasteiger partial charge in [-0.1, -0.05) is 0 Å². The van der Waals surface area contributed by atoms with Gasteiger partial charge in [-0.05, 0) is 32.1 Å². The molecule has 21 heavy (non-hydrogen) atoms. The van der Waals surface area contributed by atoms with E-state index in [0.29, 0.717) is 13.0 Å². The summed E-state index contributed by atoms with van der Waals surface area (Å²) in [6.07, 6.45) is 5.67. The van der Waals surface area contributed by atoms with Crippen LogP contribution in [-0.4, -0.2) is 67.2 Å². The van der Waals surface area contributed by atoms with E-state index in [2.05, 4.69) is 11.7 Å². The molecule has 4 N–H and O–H groups in total. The summed E-state index contributed by atoms with van der Waals surface area (Å²) in [6, 6.07) is 0.246. The van der Waals surface area contributed by atoms with Gasteiger partial charge in [0.1, 0.15) is 5.54 Å². The standard InChI is InChI=1S/C13H24N3O4S/c1-21(19,20)9-15-7-11(17)8-16-10-3-2-5-13(16,6-4-10)12(14)18/h2,10-11,15,17H,3-9H2,1H3,(H2,14,18)/t10-,11-,13+/m0/s1. The van der Waals surface area contributed by atoms with Gasteiger partial charge >= 0.3 is 0 Å². The molecule has 0 saturated carbocycles. The Morgan fingerprint density at radius 1 is 1.62 bits per heavy atom. The number of carbonyl (C=O) groups excluding carboxylic acids is 1. The average Bonchev–Trinajstić information content (AvgIpc) is 2.57. The fourth-order valence-electron chi connectivity index (χ4n) is 3.42. The Kier molecular flexibility index (Phi) is 4.92. The Labute approximate surface area is 125 Å². The highest BCUT2D eigenvalue weighted by Gasteiger charge is 2.52. The van der Waals surface area contributed by atoms with Gasteiger partial charge in [0, 0.05) is 25.4 Å². The van der Waals surface area contributed by atoms with Crippen molar-refractivity contribution in [1.29, 1.82) is 0 Å². The number of aliphatic hydroxyl groups is 1. The van der Waals surface area contributed by atoms with Gasteiger partial charge in [-0.3, -0.25) is 9.69 Å². The first kappa shape index (κ1) is 16.7. The highest BCUT2D eigenvalue weighted by atomic mass is 32.2. The summed E-state index contributed by atoms with van der Waals surface area (Å²) in [5.74, 6) is -0.500. The average molecular weight is 318 g/mol. The molecule has 2 aliphatic heterocycles. The molecule has 2 saturated heterocycles. The molecular weight excluding hydrogens is 294 g/mol. The molecule has 2 rings (SSSR count). The predicted molar refractivity (Wildman–Crippen MR) is 78.9 cm³/mol. The van der Waals surface area contributed by atoms with E-state index in [1.54, 1.807) is 0 Å². The monoisotopic (exact) mass is 318 g/mol. The molecule has 7 nitrogen and oxygen atoms in total. The smallest absolute Gasteiger partial charge is 0.237 e. The van der Waals surface area contributed by atoms with Gasteiger partial charge in [0.15, 0.2) is 9.84 Å². The van der Waals surface area contributed by atoms with Gasteiger partial charge in [0.2, 0.25) is 5.91 Å². The van der Waals surface area contributed by atoms with Crippen molar-refractivity contribution in [2.45, 2.75) is 43.4 Å². The summed E-state index contributed by atoms with van der Waals surface area (Å²) in [7, 11) is -3.10. The van der Waals surface area contributed by atoms with E-state index < -0.39 is 21.5 Å². The van der Waals surface area contributed by atoms with E-state index in [-0.39, 0.29) is 24.4 Å². The number of nitrogens with two attached hydrogens (primary N) is 1. The number of β-amino-alcohol motifs (C(OH)–C–C–N with tert-alkyl or cyclic N) is 1. The second-order valence-corrected chi connectivity index (χ2v) is 8.29. The number of amides is 1. The number of nitrogens with one attached hydrogen (secondary N) is 1. The summed E-state index contributed by atoms with van der Waals surface area (Å²) < 4.78 is 22.1. The van der Waals surface area contributed by atoms with Crippen molar-refractivity contribution in [1.82, 2.24) is 10.2 Å². The topological polar surface area (TPSA) is 113 Å². The first-order valence-corrected chi connectivity index (χ1v) is 9.25. The molecule has 121 valence electrons. The molecule has 2 aliphatic rings. The second-order valence-electron chi connectivity index (χ2n) is 6.15. The van der Waals surface area contributed by atoms with Crippen LogP contribution in [-0.2, 0) is 14.6 Å². The molecular formula is C13H24N3O4S. The Bertz CT molecular complexity index is 492. The van der Waals surface area contributed by atoms with Crippen LogP contribution in [0.3, 0.4) is 0 Å². The van der Waals surface area contributed by atoms with Crippen LogP contribution in [0.5, 0.6) is 0 Å². The fourth-order valence-corrected chi connectivity index (χ4v) is 3.91. The quantitative estimate of drug-likeness (QED) is 0.533. The molecule has 0 aromatic carbocycles. The third kappa shape index (κ3) is 3.74. The molecule has 0 spiro atoms. The fraction of sp³-hybridized carbons (Fsp3) is 0.846. The highest BCUT2D eigenvalue weighted by Crippen LogP contribution is 2.43. The largest absolute Gasteiger partial charge is 0.390 e. The summed E-state index contributed by atoms with van der Waals surface area (Å²) in [6.45, 7) is 0.507. The lowest BCUT2D eigenvalue weighted by Gasteiger charge is -2.43. The van der Waals surface area contributed by atoms with Crippen molar-refractivity contribution in [3.63, 3.8) is 0 Å². The van der Waals surface area contributed by atoms with E-state index in [1.807, 2.05) is 4.90 Å². The number of piperidine rings is 1. The number of hydrogen-bond acceptors (Lipinski definition) is 6. The molecule has 2 fully saturated rings. The van der Waals surface area contributed by atoms with Gasteiger partial charge in [0.05, 0.1) is 12.0 Å². The zero-order valence-corrected chi connectivity index (χ0v) is 13.1. The molecule has 0 aromatic heterocycles. The number of primary amides is 1. The Balaban J connectivity index is 1.93. The van der Waals surface area contributed by atoms with E-state index in [0.717, 1.165) is 25.5 Å². The molecule has 8 heteroatoms. The van der Waals surface area contributed by atoms with Gasteiger partial charge in [0.25, 0.3) is 0 Å². The minimum absolute atomic E-state index is 0.164. The minimum atomic E-state index is -3.10. The van der Waals surface area contributed by atoms with Crippen LogP contribution < -0.4 is 11.1 Å². The normalized spacial score (nSPS) is 31.2. The highest BCUT2D eigenvalue weighted by molar-refractivity contribution is 7.90. The Hall–Kier alpha value is -0.700. The van der Waals surface area contributed by atoms with Crippen molar-refractivity contribution >= 4 is 15.7 Å². The van der Waals surface area contributed by atoms with Crippen molar-refractivity contribution in [3.8, 4) is 0 Å². The molecule has 2 heterocycles. The first-order valence-electron chi connectivity index (χ1n) is 7.19. The lowest BCUT2D eigenvalue weighted by Crippen LogP contribution is -2.60. The number of carbonyl (C=O) groups is 1. The lowest BCUT2D eigenvalue weighted by atomic mass is 9.87. The van der Waals surface area contributed by atoms with Crippen LogP contribution >= 0.6 is 0 Å². The third-order valence-electron chi connectivity index (χ3n) is 4.41. The van der Waals surface area contributed by atoms with Crippen molar-refractivity contribution in [2.24, 2.45) is 5.73 Å². The van der Waals surface area contributed by atoms with Crippen LogP contribution in [0, 0.1) is 6.42 Å². The molecule has 2 bridgehead atoms. The van der Waals surface area contributed by atoms with Crippen LogP contribution in [0.1, 0.15) is 25.7 Å². The number of fused-ring (bicyclic) bond motifs is 2. The minimum Gasteiger partial charge on any atom is -0.390 e. The SMILES string of the molecule is CS(=O)(=O)CNC[C@H](O)CN1[C@H]2C[CH]C[C@]1(C(N)=O)CC2. The maximum absolute atomic E-state index is 11.9. The Morgan fingerprint density at radius 3 is 2.95 bits per heavy atom. The van der Waals surface area contributed by atoms with E-state index in [1.165, 1.54) is 0 Å². The zero-order chi connectivity index (χ0) is 15.7. The first-order chi connectivity index (χ1) is 9.74. The van der Waals surface area contributed by atoms with Gasteiger partial charge in [-0.2, -0.15) is 0 Å². The van der Waals surface area contributed by atoms with Crippen LogP contribution in [0.15, 0.2) is 0 Å². The number of sulfone groups is 1. The maximum atomic E-state index is 11.9. The van der Waals surface area contributed by atoms with Crippen molar-refractivity contribution in [2.75, 3.05) is 25.2 Å². The van der Waals surface area contributed by atoms with Gasteiger partial charge in [-0.25, -0.2) is 8.42 Å². The van der Waals surface area contributed by atoms with E-state index >= 15 is 0 Å². The zero-order valence-electron chi connectivity index (χ0n) is 12.3. The third-order valence-corrected chi connectivity index (χ3v) is 5.14. The molecule has 1 radical (unpaired) electrons. The van der Waals surface area contributed by atoms with Gasteiger partial charge in [-0.15, -0.1) is 0 Å². The second kappa shape index (κ2) is 6.20. The summed E-state index contributed by atoms with van der Waals surface area (Å²) in [5, 5.41) is 12.8. The molecule has 0 aliphatic carbocycles. The lowest BCUT2D eigenvalue weighted by molar-refractivity contribution is -0.131. The number of rotatable bonds is 7. The molecule has 1 amide bonds. The predicted octanol–water partition coefficient (Wildman–Crippen LogP) is -1.37. The van der Waals surface area contributed by atoms with Crippen molar-refractivity contribution in [3.05, 3.63) is 6.42 Å². The van der Waals surface area contributed by atoms with E-state index in [9.17, 15) is 18.3 Å². The Morgan fingerprint density at radius 2 is 2.33 bits per heavy atom. The van der Waals surface area contributed by atoms with Gasteiger partial charge < -0.3 is 16.2 Å². The number of aliphatic hydroxyl groups excluding tert-OH is 1. The maximum Gasteiger partial charge on any atom is 0.237 e. The van der Waals surface area contributed by atoms with Crippen LogP contribution in [0.2, 0.25) is 0 Å².